The van der Waals surface area contributed by atoms with E-state index in [2.05, 4.69) is 21.2 Å². The number of hydrogen-bond donors (Lipinski definition) is 1. The molecule has 2 aromatic carbocycles. The van der Waals surface area contributed by atoms with Crippen molar-refractivity contribution >= 4 is 15.9 Å². The van der Waals surface area contributed by atoms with Gasteiger partial charge in [0.05, 0.1) is 6.04 Å². The van der Waals surface area contributed by atoms with E-state index < -0.39 is 29.3 Å². The average molecular weight is 362 g/mol. The van der Waals surface area contributed by atoms with Gasteiger partial charge in [-0.3, -0.25) is 0 Å². The van der Waals surface area contributed by atoms with Gasteiger partial charge in [0, 0.05) is 21.7 Å². The lowest BCUT2D eigenvalue weighted by Crippen LogP contribution is -2.24. The summed E-state index contributed by atoms with van der Waals surface area (Å²) in [4.78, 5) is 0. The average Bonchev–Trinajstić information content (AvgIpc) is 2.42. The van der Waals surface area contributed by atoms with Crippen LogP contribution in [0.2, 0.25) is 0 Å². The van der Waals surface area contributed by atoms with Crippen molar-refractivity contribution in [3.05, 3.63) is 69.2 Å². The molecular formula is C15H12BrF4N. The van der Waals surface area contributed by atoms with Gasteiger partial charge in [0.25, 0.3) is 0 Å². The first-order valence-electron chi connectivity index (χ1n) is 6.27. The second-order valence-electron chi connectivity index (χ2n) is 4.41. The lowest BCUT2D eigenvalue weighted by Gasteiger charge is -2.21. The maximum absolute atomic E-state index is 14.1. The molecule has 0 radical (unpaired) electrons. The van der Waals surface area contributed by atoms with E-state index in [-0.39, 0.29) is 11.1 Å². The van der Waals surface area contributed by atoms with Crippen LogP contribution in [0.3, 0.4) is 0 Å². The molecule has 0 aliphatic carbocycles. The van der Waals surface area contributed by atoms with Crippen LogP contribution < -0.4 is 5.32 Å². The third-order valence-corrected chi connectivity index (χ3v) is 3.74. The Morgan fingerprint density at radius 1 is 1.00 bits per heavy atom. The summed E-state index contributed by atoms with van der Waals surface area (Å²) in [5, 5.41) is 2.89. The normalized spacial score (nSPS) is 12.5. The third-order valence-electron chi connectivity index (χ3n) is 3.05. The number of hydrogen-bond acceptors (Lipinski definition) is 1. The van der Waals surface area contributed by atoms with Gasteiger partial charge >= 0.3 is 0 Å². The van der Waals surface area contributed by atoms with E-state index in [0.717, 1.165) is 6.07 Å². The van der Waals surface area contributed by atoms with Gasteiger partial charge in [-0.05, 0) is 24.7 Å². The van der Waals surface area contributed by atoms with Crippen molar-refractivity contribution in [1.29, 1.82) is 0 Å². The minimum absolute atomic E-state index is 0.143. The topological polar surface area (TPSA) is 12.0 Å². The molecule has 112 valence electrons. The van der Waals surface area contributed by atoms with Crippen molar-refractivity contribution in [3.8, 4) is 0 Å². The van der Waals surface area contributed by atoms with Gasteiger partial charge in [-0.1, -0.05) is 28.9 Å². The second kappa shape index (κ2) is 6.58. The van der Waals surface area contributed by atoms with Crippen LogP contribution in [0.15, 0.2) is 34.8 Å². The summed E-state index contributed by atoms with van der Waals surface area (Å²) in [6, 6.07) is 4.59. The van der Waals surface area contributed by atoms with E-state index in [1.165, 1.54) is 12.1 Å². The first-order chi connectivity index (χ1) is 9.95. The van der Waals surface area contributed by atoms with Crippen LogP contribution in [0.1, 0.15) is 24.1 Å². The van der Waals surface area contributed by atoms with E-state index in [0.29, 0.717) is 17.1 Å². The number of halogens is 5. The molecule has 1 atom stereocenters. The SMILES string of the molecule is CCNC(c1cc(F)c(F)cc1F)c1c(F)cccc1Br. The summed E-state index contributed by atoms with van der Waals surface area (Å²) in [6.45, 7) is 2.14. The van der Waals surface area contributed by atoms with Crippen LogP contribution in [-0.4, -0.2) is 6.54 Å². The van der Waals surface area contributed by atoms with Crippen LogP contribution in [0.4, 0.5) is 17.6 Å². The monoisotopic (exact) mass is 361 g/mol. The summed E-state index contributed by atoms with van der Waals surface area (Å²) in [6.07, 6.45) is 0. The molecule has 1 unspecified atom stereocenters. The van der Waals surface area contributed by atoms with E-state index in [9.17, 15) is 17.6 Å². The zero-order chi connectivity index (χ0) is 15.6. The molecule has 0 saturated carbocycles. The summed E-state index contributed by atoms with van der Waals surface area (Å²) < 4.78 is 54.9. The molecule has 0 aromatic heterocycles. The Hall–Kier alpha value is -1.40. The van der Waals surface area contributed by atoms with Crippen LogP contribution in [-0.2, 0) is 0 Å². The molecule has 0 aliphatic rings. The molecule has 0 bridgehead atoms. The predicted octanol–water partition coefficient (Wildman–Crippen LogP) is 4.70. The van der Waals surface area contributed by atoms with E-state index >= 15 is 0 Å². The third kappa shape index (κ3) is 3.27. The summed E-state index contributed by atoms with van der Waals surface area (Å²) >= 11 is 3.20. The second-order valence-corrected chi connectivity index (χ2v) is 5.27. The Kier molecular flexibility index (Phi) is 5.00. The summed E-state index contributed by atoms with van der Waals surface area (Å²) in [5.41, 5.74) is -0.00851. The van der Waals surface area contributed by atoms with Crippen LogP contribution in [0, 0.1) is 23.3 Å². The summed E-state index contributed by atoms with van der Waals surface area (Å²) in [7, 11) is 0. The molecular weight excluding hydrogens is 350 g/mol. The Bertz CT molecular complexity index is 640. The van der Waals surface area contributed by atoms with Gasteiger partial charge in [0.2, 0.25) is 0 Å². The molecule has 2 rings (SSSR count). The Morgan fingerprint density at radius 2 is 1.67 bits per heavy atom. The van der Waals surface area contributed by atoms with Crippen molar-refractivity contribution in [1.82, 2.24) is 5.32 Å². The molecule has 0 amide bonds. The zero-order valence-electron chi connectivity index (χ0n) is 11.1. The highest BCUT2D eigenvalue weighted by atomic mass is 79.9. The largest absolute Gasteiger partial charge is 0.306 e. The van der Waals surface area contributed by atoms with Gasteiger partial charge in [-0.25, -0.2) is 17.6 Å². The predicted molar refractivity (Wildman–Crippen MR) is 75.9 cm³/mol. The van der Waals surface area contributed by atoms with Gasteiger partial charge in [0.1, 0.15) is 11.6 Å². The quantitative estimate of drug-likeness (QED) is 0.614. The minimum Gasteiger partial charge on any atom is -0.306 e. The van der Waals surface area contributed by atoms with Crippen LogP contribution >= 0.6 is 15.9 Å². The molecule has 0 saturated heterocycles. The van der Waals surface area contributed by atoms with Crippen LogP contribution in [0.5, 0.6) is 0 Å². The van der Waals surface area contributed by atoms with Gasteiger partial charge in [0.15, 0.2) is 11.6 Å². The Balaban J connectivity index is 2.62. The fourth-order valence-electron chi connectivity index (χ4n) is 2.12. The van der Waals surface area contributed by atoms with Crippen molar-refractivity contribution in [2.24, 2.45) is 0 Å². The number of benzene rings is 2. The molecule has 2 aromatic rings. The molecule has 21 heavy (non-hydrogen) atoms. The molecule has 0 heterocycles. The zero-order valence-corrected chi connectivity index (χ0v) is 12.6. The fraction of sp³-hybridized carbons (Fsp3) is 0.200. The van der Waals surface area contributed by atoms with E-state index in [1.54, 1.807) is 13.0 Å². The minimum atomic E-state index is -1.28. The van der Waals surface area contributed by atoms with Crippen molar-refractivity contribution in [2.45, 2.75) is 13.0 Å². The highest BCUT2D eigenvalue weighted by molar-refractivity contribution is 9.10. The number of nitrogens with one attached hydrogen (secondary N) is 1. The molecule has 0 spiro atoms. The Morgan fingerprint density at radius 3 is 2.29 bits per heavy atom. The van der Waals surface area contributed by atoms with Gasteiger partial charge < -0.3 is 5.32 Å². The molecule has 1 N–H and O–H groups in total. The van der Waals surface area contributed by atoms with Gasteiger partial charge in [-0.2, -0.15) is 0 Å². The molecule has 1 nitrogen and oxygen atoms in total. The van der Waals surface area contributed by atoms with Crippen molar-refractivity contribution < 1.29 is 17.6 Å². The molecule has 0 fully saturated rings. The lowest BCUT2D eigenvalue weighted by atomic mass is 9.97. The van der Waals surface area contributed by atoms with E-state index in [1.807, 2.05) is 0 Å². The first-order valence-corrected chi connectivity index (χ1v) is 7.06. The highest BCUT2D eigenvalue weighted by Crippen LogP contribution is 2.32. The fourth-order valence-corrected chi connectivity index (χ4v) is 2.69. The molecule has 6 heteroatoms. The van der Waals surface area contributed by atoms with Gasteiger partial charge in [-0.15, -0.1) is 0 Å². The first kappa shape index (κ1) is 16.0. The molecule has 0 aliphatic heterocycles. The van der Waals surface area contributed by atoms with E-state index in [4.69, 9.17) is 0 Å². The highest BCUT2D eigenvalue weighted by Gasteiger charge is 2.24. The van der Waals surface area contributed by atoms with Crippen molar-refractivity contribution in [3.63, 3.8) is 0 Å². The summed E-state index contributed by atoms with van der Waals surface area (Å²) in [5.74, 6) is -3.96. The number of rotatable bonds is 4. The lowest BCUT2D eigenvalue weighted by molar-refractivity contribution is 0.477. The van der Waals surface area contributed by atoms with Crippen LogP contribution in [0.25, 0.3) is 0 Å². The maximum atomic E-state index is 14.1. The standard InChI is InChI=1S/C15H12BrF4N/c1-2-21-15(14-9(16)4-3-5-10(14)17)8-6-12(19)13(20)7-11(8)18/h3-7,15,21H,2H2,1H3. The van der Waals surface area contributed by atoms with Crippen molar-refractivity contribution in [2.75, 3.05) is 6.54 Å². The maximum Gasteiger partial charge on any atom is 0.161 e. The smallest absolute Gasteiger partial charge is 0.161 e. The Labute approximate surface area is 128 Å².